The molecule has 17 heavy (non-hydrogen) atoms. The third-order valence-electron chi connectivity index (χ3n) is 2.79. The minimum Gasteiger partial charge on any atom is -0.342 e. The molecule has 102 valence electrons. The Bertz CT molecular complexity index is 214. The van der Waals surface area contributed by atoms with Crippen LogP contribution in [0, 0.1) is 17.8 Å². The lowest BCUT2D eigenvalue weighted by atomic mass is 10.0. The number of nitrogens with two attached hydrogens (primary N) is 1. The highest BCUT2D eigenvalue weighted by Crippen LogP contribution is 2.10. The molecule has 2 N–H and O–H groups in total. The summed E-state index contributed by atoms with van der Waals surface area (Å²) in [5, 5.41) is 0. The number of carbonyl (C=O) groups excluding carboxylic acids is 1. The van der Waals surface area contributed by atoms with E-state index in [0.717, 1.165) is 13.1 Å². The molecule has 0 radical (unpaired) electrons. The summed E-state index contributed by atoms with van der Waals surface area (Å²) >= 11 is 0. The predicted octanol–water partition coefficient (Wildman–Crippen LogP) is 2.50. The van der Waals surface area contributed by atoms with Gasteiger partial charge in [0, 0.05) is 25.6 Å². The number of nitrogens with zero attached hydrogens (tertiary/aromatic N) is 1. The molecule has 0 bridgehead atoms. The number of carbonyl (C=O) groups is 1. The average molecular weight is 242 g/mol. The van der Waals surface area contributed by atoms with E-state index < -0.39 is 0 Å². The molecular weight excluding hydrogens is 212 g/mol. The molecule has 0 fully saturated rings. The van der Waals surface area contributed by atoms with E-state index in [1.165, 1.54) is 0 Å². The molecule has 0 heterocycles. The molecule has 0 aliphatic carbocycles. The van der Waals surface area contributed by atoms with Crippen molar-refractivity contribution in [2.75, 3.05) is 13.1 Å². The van der Waals surface area contributed by atoms with Crippen molar-refractivity contribution in [1.82, 2.24) is 4.90 Å². The lowest BCUT2D eigenvalue weighted by molar-refractivity contribution is -0.132. The Morgan fingerprint density at radius 3 is 1.71 bits per heavy atom. The van der Waals surface area contributed by atoms with Crippen molar-refractivity contribution in [2.24, 2.45) is 23.5 Å². The highest BCUT2D eigenvalue weighted by Gasteiger charge is 2.20. The lowest BCUT2D eigenvalue weighted by Crippen LogP contribution is -2.41. The number of amides is 1. The SMILES string of the molecule is CC(C)CN(CC(C)C)C(=O)CC(N)C(C)C. The fraction of sp³-hybridized carbons (Fsp3) is 0.929. The van der Waals surface area contributed by atoms with Crippen LogP contribution in [-0.2, 0) is 4.79 Å². The fourth-order valence-electron chi connectivity index (χ4n) is 1.73. The van der Waals surface area contributed by atoms with Crippen molar-refractivity contribution in [1.29, 1.82) is 0 Å². The van der Waals surface area contributed by atoms with Crippen molar-refractivity contribution >= 4 is 5.91 Å². The molecule has 1 unspecified atom stereocenters. The summed E-state index contributed by atoms with van der Waals surface area (Å²) in [6, 6.07) is -0.0238. The average Bonchev–Trinajstić information content (AvgIpc) is 2.14. The highest BCUT2D eigenvalue weighted by molar-refractivity contribution is 5.76. The Morgan fingerprint density at radius 1 is 1.00 bits per heavy atom. The van der Waals surface area contributed by atoms with E-state index in [4.69, 9.17) is 5.73 Å². The normalized spacial score (nSPS) is 13.5. The summed E-state index contributed by atoms with van der Waals surface area (Å²) in [5.74, 6) is 1.58. The van der Waals surface area contributed by atoms with Crippen LogP contribution in [0.4, 0.5) is 0 Å². The second kappa shape index (κ2) is 7.70. The zero-order valence-corrected chi connectivity index (χ0v) is 12.4. The minimum atomic E-state index is -0.0238. The smallest absolute Gasteiger partial charge is 0.224 e. The monoisotopic (exact) mass is 242 g/mol. The van der Waals surface area contributed by atoms with Gasteiger partial charge >= 0.3 is 0 Å². The summed E-state index contributed by atoms with van der Waals surface area (Å²) in [7, 11) is 0. The van der Waals surface area contributed by atoms with Gasteiger partial charge in [0.25, 0.3) is 0 Å². The van der Waals surface area contributed by atoms with Crippen LogP contribution in [0.3, 0.4) is 0 Å². The minimum absolute atomic E-state index is 0.0238. The van der Waals surface area contributed by atoms with Gasteiger partial charge in [-0.1, -0.05) is 41.5 Å². The molecule has 0 aromatic carbocycles. The van der Waals surface area contributed by atoms with E-state index >= 15 is 0 Å². The molecule has 1 amide bonds. The third kappa shape index (κ3) is 7.37. The molecule has 1 atom stereocenters. The molecule has 0 rings (SSSR count). The van der Waals surface area contributed by atoms with Gasteiger partial charge in [0.15, 0.2) is 0 Å². The maximum atomic E-state index is 12.2. The van der Waals surface area contributed by atoms with Crippen molar-refractivity contribution in [2.45, 2.75) is 54.0 Å². The van der Waals surface area contributed by atoms with Crippen LogP contribution in [0.15, 0.2) is 0 Å². The summed E-state index contributed by atoms with van der Waals surface area (Å²) < 4.78 is 0. The topological polar surface area (TPSA) is 46.3 Å². The van der Waals surface area contributed by atoms with Crippen LogP contribution in [-0.4, -0.2) is 29.9 Å². The fourth-order valence-corrected chi connectivity index (χ4v) is 1.73. The molecule has 0 aromatic rings. The lowest BCUT2D eigenvalue weighted by Gasteiger charge is -2.28. The van der Waals surface area contributed by atoms with Gasteiger partial charge in [-0.25, -0.2) is 0 Å². The molecule has 3 nitrogen and oxygen atoms in total. The van der Waals surface area contributed by atoms with Crippen molar-refractivity contribution in [3.8, 4) is 0 Å². The number of hydrogen-bond donors (Lipinski definition) is 1. The number of hydrogen-bond acceptors (Lipinski definition) is 2. The molecule has 0 aliphatic heterocycles. The van der Waals surface area contributed by atoms with Crippen LogP contribution in [0.1, 0.15) is 48.0 Å². The van der Waals surface area contributed by atoms with E-state index in [2.05, 4.69) is 41.5 Å². The van der Waals surface area contributed by atoms with E-state index in [0.29, 0.717) is 24.2 Å². The predicted molar refractivity (Wildman–Crippen MR) is 73.7 cm³/mol. The van der Waals surface area contributed by atoms with Crippen molar-refractivity contribution in [3.05, 3.63) is 0 Å². The Labute approximate surface area is 107 Å². The zero-order chi connectivity index (χ0) is 13.6. The van der Waals surface area contributed by atoms with E-state index in [-0.39, 0.29) is 11.9 Å². The summed E-state index contributed by atoms with van der Waals surface area (Å²) in [6.07, 6.45) is 0.469. The summed E-state index contributed by atoms with van der Waals surface area (Å²) in [4.78, 5) is 14.1. The molecular formula is C14H30N2O. The van der Waals surface area contributed by atoms with Gasteiger partial charge < -0.3 is 10.6 Å². The molecule has 0 aliphatic rings. The first-order valence-electron chi connectivity index (χ1n) is 6.77. The van der Waals surface area contributed by atoms with E-state index in [9.17, 15) is 4.79 Å². The molecule has 0 spiro atoms. The summed E-state index contributed by atoms with van der Waals surface area (Å²) in [5.41, 5.74) is 5.97. The second-order valence-corrected chi connectivity index (χ2v) is 6.20. The Kier molecular flexibility index (Phi) is 7.44. The van der Waals surface area contributed by atoms with Crippen LogP contribution in [0.5, 0.6) is 0 Å². The Balaban J connectivity index is 4.41. The molecule has 0 saturated carbocycles. The van der Waals surface area contributed by atoms with Gasteiger partial charge in [-0.15, -0.1) is 0 Å². The quantitative estimate of drug-likeness (QED) is 0.745. The standard InChI is InChI=1S/C14H30N2O/c1-10(2)8-16(9-11(3)4)14(17)7-13(15)12(5)6/h10-13H,7-9,15H2,1-6H3. The Morgan fingerprint density at radius 2 is 1.41 bits per heavy atom. The maximum Gasteiger partial charge on any atom is 0.224 e. The molecule has 3 heteroatoms. The van der Waals surface area contributed by atoms with Crippen LogP contribution < -0.4 is 5.73 Å². The van der Waals surface area contributed by atoms with E-state index in [1.54, 1.807) is 0 Å². The van der Waals surface area contributed by atoms with Gasteiger partial charge in [0.2, 0.25) is 5.91 Å². The number of rotatable bonds is 7. The largest absolute Gasteiger partial charge is 0.342 e. The van der Waals surface area contributed by atoms with Gasteiger partial charge in [-0.3, -0.25) is 4.79 Å². The van der Waals surface area contributed by atoms with Crippen molar-refractivity contribution in [3.63, 3.8) is 0 Å². The van der Waals surface area contributed by atoms with E-state index in [1.807, 2.05) is 4.90 Å². The molecule has 0 aromatic heterocycles. The maximum absolute atomic E-state index is 12.2. The van der Waals surface area contributed by atoms with Crippen LogP contribution in [0.2, 0.25) is 0 Å². The zero-order valence-electron chi connectivity index (χ0n) is 12.4. The van der Waals surface area contributed by atoms with Crippen molar-refractivity contribution < 1.29 is 4.79 Å². The third-order valence-corrected chi connectivity index (χ3v) is 2.79. The van der Waals surface area contributed by atoms with Gasteiger partial charge in [-0.05, 0) is 17.8 Å². The van der Waals surface area contributed by atoms with Gasteiger partial charge in [0.05, 0.1) is 0 Å². The highest BCUT2D eigenvalue weighted by atomic mass is 16.2. The summed E-state index contributed by atoms with van der Waals surface area (Å²) in [6.45, 7) is 14.4. The van der Waals surface area contributed by atoms with Crippen LogP contribution >= 0.6 is 0 Å². The first-order chi connectivity index (χ1) is 7.73. The first kappa shape index (κ1) is 16.4. The molecule has 0 saturated heterocycles. The van der Waals surface area contributed by atoms with Gasteiger partial charge in [0.1, 0.15) is 0 Å². The van der Waals surface area contributed by atoms with Gasteiger partial charge in [-0.2, -0.15) is 0 Å². The second-order valence-electron chi connectivity index (χ2n) is 6.20. The van der Waals surface area contributed by atoms with Crippen LogP contribution in [0.25, 0.3) is 0 Å². The first-order valence-corrected chi connectivity index (χ1v) is 6.77. The Hall–Kier alpha value is -0.570.